The highest BCUT2D eigenvalue weighted by atomic mass is 19.4. The van der Waals surface area contributed by atoms with Crippen LogP contribution < -0.4 is 15.5 Å². The van der Waals surface area contributed by atoms with Gasteiger partial charge in [0.05, 0.1) is 16.9 Å². The number of amides is 2. The summed E-state index contributed by atoms with van der Waals surface area (Å²) in [5.41, 5.74) is -0.782. The summed E-state index contributed by atoms with van der Waals surface area (Å²) < 4.78 is 52.8. The Bertz CT molecular complexity index is 1190. The largest absolute Gasteiger partial charge is 0.418 e. The molecule has 0 atom stereocenters. The predicted molar refractivity (Wildman–Crippen MR) is 122 cm³/mol. The average molecular weight is 475 g/mol. The Balaban J connectivity index is 1.41. The van der Waals surface area contributed by atoms with Crippen LogP contribution in [0.1, 0.15) is 43.9 Å². The molecule has 2 N–H and O–H groups in total. The third-order valence-electron chi connectivity index (χ3n) is 5.91. The van der Waals surface area contributed by atoms with Crippen LogP contribution in [0.15, 0.2) is 42.5 Å². The van der Waals surface area contributed by atoms with Gasteiger partial charge in [-0.15, -0.1) is 5.10 Å². The smallest absolute Gasteiger partial charge is 0.354 e. The fourth-order valence-electron chi connectivity index (χ4n) is 4.21. The molecule has 1 aliphatic rings. The van der Waals surface area contributed by atoms with Gasteiger partial charge in [0, 0.05) is 29.9 Å². The lowest BCUT2D eigenvalue weighted by molar-refractivity contribution is -0.137. The molecule has 0 unspecified atom stereocenters. The molecule has 1 aromatic heterocycles. The van der Waals surface area contributed by atoms with Gasteiger partial charge in [0.2, 0.25) is 0 Å². The number of urea groups is 1. The minimum Gasteiger partial charge on any atom is -0.354 e. The van der Waals surface area contributed by atoms with Crippen molar-refractivity contribution in [3.63, 3.8) is 0 Å². The topological polar surface area (TPSA) is 70.2 Å². The first-order chi connectivity index (χ1) is 16.1. The van der Waals surface area contributed by atoms with Gasteiger partial charge in [-0.1, -0.05) is 38.1 Å². The average Bonchev–Trinajstić information content (AvgIpc) is 2.79. The number of fused-ring (bicyclic) bond motifs is 1. The second-order valence-electron chi connectivity index (χ2n) is 8.66. The molecular weight excluding hydrogens is 450 g/mol. The summed E-state index contributed by atoms with van der Waals surface area (Å²) in [6.07, 6.45) is -3.61. The van der Waals surface area contributed by atoms with Gasteiger partial charge in [0.1, 0.15) is 5.82 Å². The number of nitrogens with zero attached hydrogens (tertiary/aromatic N) is 3. The summed E-state index contributed by atoms with van der Waals surface area (Å²) in [5.74, 6) is -0.00870. The summed E-state index contributed by atoms with van der Waals surface area (Å²) in [7, 11) is 0. The van der Waals surface area contributed by atoms with Crippen molar-refractivity contribution in [3.8, 4) is 0 Å². The molecule has 6 nitrogen and oxygen atoms in total. The van der Waals surface area contributed by atoms with Crippen LogP contribution in [0.5, 0.6) is 0 Å². The van der Waals surface area contributed by atoms with E-state index in [2.05, 4.69) is 39.6 Å². The second-order valence-corrected chi connectivity index (χ2v) is 8.66. The van der Waals surface area contributed by atoms with Crippen molar-refractivity contribution in [1.82, 2.24) is 15.5 Å². The van der Waals surface area contributed by atoms with Crippen LogP contribution in [0.25, 0.3) is 10.8 Å². The number of benzene rings is 2. The monoisotopic (exact) mass is 475 g/mol. The normalized spacial score (nSPS) is 15.1. The maximum absolute atomic E-state index is 13.3. The summed E-state index contributed by atoms with van der Waals surface area (Å²) in [5, 5.41) is 15.9. The van der Waals surface area contributed by atoms with E-state index in [0.717, 1.165) is 34.4 Å². The second kappa shape index (κ2) is 9.44. The molecule has 1 fully saturated rings. The molecule has 1 aliphatic heterocycles. The lowest BCUT2D eigenvalue weighted by Crippen LogP contribution is -2.46. The van der Waals surface area contributed by atoms with E-state index in [0.29, 0.717) is 32.0 Å². The Hall–Kier alpha value is -3.43. The van der Waals surface area contributed by atoms with Crippen molar-refractivity contribution in [2.45, 2.75) is 44.8 Å². The number of hydrogen-bond donors (Lipinski definition) is 2. The maximum atomic E-state index is 13.3. The molecule has 34 heavy (non-hydrogen) atoms. The fraction of sp³-hybridized carbons (Fsp3) is 0.375. The highest BCUT2D eigenvalue weighted by molar-refractivity contribution is 5.94. The van der Waals surface area contributed by atoms with E-state index in [9.17, 15) is 22.4 Å². The predicted octanol–water partition coefficient (Wildman–Crippen LogP) is 5.70. The van der Waals surface area contributed by atoms with E-state index >= 15 is 0 Å². The number of anilines is 2. The Morgan fingerprint density at radius 3 is 2.38 bits per heavy atom. The van der Waals surface area contributed by atoms with Crippen LogP contribution in [-0.2, 0) is 6.18 Å². The van der Waals surface area contributed by atoms with Crippen LogP contribution in [-0.4, -0.2) is 35.4 Å². The SMILES string of the molecule is CC(C)c1nnc(N2CCC(NC(=O)Nc3ccc(F)cc3C(F)(F)F)CC2)c2ccccc12. The van der Waals surface area contributed by atoms with E-state index in [1.165, 1.54) is 0 Å². The molecule has 0 bridgehead atoms. The highest BCUT2D eigenvalue weighted by Crippen LogP contribution is 2.35. The lowest BCUT2D eigenvalue weighted by Gasteiger charge is -2.33. The first-order valence-electron chi connectivity index (χ1n) is 11.1. The molecule has 1 saturated heterocycles. The molecule has 180 valence electrons. The number of alkyl halides is 3. The van der Waals surface area contributed by atoms with Crippen molar-refractivity contribution in [3.05, 3.63) is 59.5 Å². The van der Waals surface area contributed by atoms with E-state index < -0.39 is 29.3 Å². The lowest BCUT2D eigenvalue weighted by atomic mass is 10.0. The Morgan fingerprint density at radius 2 is 1.74 bits per heavy atom. The molecule has 2 amide bonds. The molecule has 0 spiro atoms. The van der Waals surface area contributed by atoms with Crippen LogP contribution in [0.3, 0.4) is 0 Å². The van der Waals surface area contributed by atoms with Crippen LogP contribution >= 0.6 is 0 Å². The Kier molecular flexibility index (Phi) is 6.58. The molecule has 2 aromatic carbocycles. The molecular formula is C24H25F4N5O. The van der Waals surface area contributed by atoms with Gasteiger partial charge in [0.25, 0.3) is 0 Å². The maximum Gasteiger partial charge on any atom is 0.418 e. The first-order valence-corrected chi connectivity index (χ1v) is 11.1. The van der Waals surface area contributed by atoms with Gasteiger partial charge in [-0.3, -0.25) is 0 Å². The number of aromatic nitrogens is 2. The molecule has 0 aliphatic carbocycles. The number of piperidine rings is 1. The van der Waals surface area contributed by atoms with E-state index in [1.807, 2.05) is 24.3 Å². The minimum atomic E-state index is -4.79. The standard InChI is InChI=1S/C24H25F4N5O/c1-14(2)21-17-5-3-4-6-18(17)22(32-31-21)33-11-9-16(10-12-33)29-23(34)30-20-8-7-15(25)13-19(20)24(26,27)28/h3-8,13-14,16H,9-12H2,1-2H3,(H2,29,30,34). The zero-order valence-corrected chi connectivity index (χ0v) is 18.8. The van der Waals surface area contributed by atoms with Crippen molar-refractivity contribution in [2.24, 2.45) is 0 Å². The van der Waals surface area contributed by atoms with Gasteiger partial charge in [0.15, 0.2) is 5.82 Å². The quantitative estimate of drug-likeness (QED) is 0.475. The zero-order valence-electron chi connectivity index (χ0n) is 18.8. The Morgan fingerprint density at radius 1 is 1.06 bits per heavy atom. The zero-order chi connectivity index (χ0) is 24.5. The minimum absolute atomic E-state index is 0.222. The van der Waals surface area contributed by atoms with E-state index in [-0.39, 0.29) is 12.0 Å². The number of hydrogen-bond acceptors (Lipinski definition) is 4. The van der Waals surface area contributed by atoms with E-state index in [4.69, 9.17) is 0 Å². The number of carbonyl (C=O) groups is 1. The summed E-state index contributed by atoms with van der Waals surface area (Å²) in [6.45, 7) is 5.36. The van der Waals surface area contributed by atoms with Crippen LogP contribution in [0.2, 0.25) is 0 Å². The van der Waals surface area contributed by atoms with Gasteiger partial charge < -0.3 is 15.5 Å². The van der Waals surface area contributed by atoms with Crippen molar-refractivity contribution in [1.29, 1.82) is 0 Å². The highest BCUT2D eigenvalue weighted by Gasteiger charge is 2.34. The molecule has 4 rings (SSSR count). The summed E-state index contributed by atoms with van der Waals surface area (Å²) >= 11 is 0. The summed E-state index contributed by atoms with van der Waals surface area (Å²) in [6, 6.07) is 9.15. The molecule has 0 saturated carbocycles. The molecule has 10 heteroatoms. The van der Waals surface area contributed by atoms with Crippen molar-refractivity contribution >= 4 is 28.3 Å². The van der Waals surface area contributed by atoms with Gasteiger partial charge in [-0.2, -0.15) is 18.3 Å². The summed E-state index contributed by atoms with van der Waals surface area (Å²) in [4.78, 5) is 14.5. The third kappa shape index (κ3) is 5.05. The molecule has 0 radical (unpaired) electrons. The number of carbonyl (C=O) groups excluding carboxylic acids is 1. The first kappa shape index (κ1) is 23.7. The van der Waals surface area contributed by atoms with Gasteiger partial charge in [-0.25, -0.2) is 9.18 Å². The van der Waals surface area contributed by atoms with Crippen LogP contribution in [0, 0.1) is 5.82 Å². The molecule has 2 heterocycles. The number of nitrogens with one attached hydrogen (secondary N) is 2. The van der Waals surface area contributed by atoms with Gasteiger partial charge >= 0.3 is 12.2 Å². The van der Waals surface area contributed by atoms with Crippen molar-refractivity contribution < 1.29 is 22.4 Å². The van der Waals surface area contributed by atoms with Crippen molar-refractivity contribution in [2.75, 3.05) is 23.3 Å². The van der Waals surface area contributed by atoms with Gasteiger partial charge in [-0.05, 0) is 37.0 Å². The Labute approximate surface area is 194 Å². The van der Waals surface area contributed by atoms with Crippen LogP contribution in [0.4, 0.5) is 33.9 Å². The third-order valence-corrected chi connectivity index (χ3v) is 5.91. The number of halogens is 4. The number of rotatable bonds is 4. The molecule has 3 aromatic rings. The fourth-order valence-corrected chi connectivity index (χ4v) is 4.21. The van der Waals surface area contributed by atoms with E-state index in [1.54, 1.807) is 0 Å².